The van der Waals surface area contributed by atoms with Crippen LogP contribution in [0.4, 0.5) is 25.0 Å². The van der Waals surface area contributed by atoms with E-state index in [-0.39, 0.29) is 17.0 Å². The summed E-state index contributed by atoms with van der Waals surface area (Å²) in [5.41, 5.74) is 2.21. The number of benzodiazepines with no additional fused rings is 1. The number of amides is 3. The molecule has 1 unspecified atom stereocenters. The van der Waals surface area contributed by atoms with Crippen LogP contribution in [-0.4, -0.2) is 30.9 Å². The number of benzene rings is 3. The maximum Gasteiger partial charge on any atom is 0.321 e. The third kappa shape index (κ3) is 4.07. The van der Waals surface area contributed by atoms with Gasteiger partial charge >= 0.3 is 6.03 Å². The Hall–Kier alpha value is -4.07. The van der Waals surface area contributed by atoms with E-state index in [4.69, 9.17) is 0 Å². The summed E-state index contributed by atoms with van der Waals surface area (Å²) in [6.07, 6.45) is -1.35. The van der Waals surface area contributed by atoms with Crippen molar-refractivity contribution in [1.29, 1.82) is 0 Å². The Morgan fingerprint density at radius 2 is 1.66 bits per heavy atom. The number of nitrogens with zero attached hydrogens (tertiary/aromatic N) is 2. The summed E-state index contributed by atoms with van der Waals surface area (Å²) >= 11 is 0. The van der Waals surface area contributed by atoms with Gasteiger partial charge in [-0.25, -0.2) is 18.6 Å². The van der Waals surface area contributed by atoms with E-state index in [9.17, 15) is 18.4 Å². The van der Waals surface area contributed by atoms with Crippen LogP contribution in [0.1, 0.15) is 16.7 Å². The molecule has 6 nitrogen and oxygen atoms in total. The molecule has 1 heterocycles. The number of halogens is 2. The van der Waals surface area contributed by atoms with Crippen LogP contribution in [0.5, 0.6) is 0 Å². The van der Waals surface area contributed by atoms with Gasteiger partial charge in [-0.1, -0.05) is 36.4 Å². The van der Waals surface area contributed by atoms with Crippen LogP contribution in [0.15, 0.2) is 71.7 Å². The molecule has 1 aliphatic rings. The van der Waals surface area contributed by atoms with Crippen LogP contribution in [0.2, 0.25) is 0 Å². The number of hydrogen-bond acceptors (Lipinski definition) is 3. The van der Waals surface area contributed by atoms with Crippen LogP contribution in [-0.2, 0) is 4.79 Å². The van der Waals surface area contributed by atoms with Crippen LogP contribution < -0.4 is 15.5 Å². The Labute approximate surface area is 183 Å². The van der Waals surface area contributed by atoms with Crippen molar-refractivity contribution in [2.75, 3.05) is 17.3 Å². The molecule has 0 saturated carbocycles. The van der Waals surface area contributed by atoms with Crippen molar-refractivity contribution in [3.63, 3.8) is 0 Å². The van der Waals surface area contributed by atoms with Crippen molar-refractivity contribution in [2.45, 2.75) is 13.1 Å². The minimum atomic E-state index is -1.35. The number of anilines is 2. The standard InChI is InChI=1S/C24H20F2N4O2/c1-14-11-12-18(26)19(13-14)27-24(32)29-22-23(31)30(2)20-10-6-4-8-16(20)21(28-22)15-7-3-5-9-17(15)25/h3-13,22H,1-2H3,(H2,27,29,32). The van der Waals surface area contributed by atoms with E-state index in [0.29, 0.717) is 11.3 Å². The smallest absolute Gasteiger partial charge is 0.311 e. The lowest BCUT2D eigenvalue weighted by Gasteiger charge is -2.21. The summed E-state index contributed by atoms with van der Waals surface area (Å²) in [5.74, 6) is -1.65. The topological polar surface area (TPSA) is 73.8 Å². The molecular formula is C24H20F2N4O2. The third-order valence-corrected chi connectivity index (χ3v) is 5.11. The highest BCUT2D eigenvalue weighted by molar-refractivity contribution is 6.20. The number of carbonyl (C=O) groups excluding carboxylic acids is 2. The number of carbonyl (C=O) groups is 2. The van der Waals surface area contributed by atoms with Crippen molar-refractivity contribution in [1.82, 2.24) is 5.32 Å². The molecule has 4 rings (SSSR count). The maximum absolute atomic E-state index is 14.6. The first-order chi connectivity index (χ1) is 15.3. The van der Waals surface area contributed by atoms with E-state index in [1.165, 1.54) is 23.1 Å². The molecule has 3 aromatic rings. The number of nitrogens with one attached hydrogen (secondary N) is 2. The van der Waals surface area contributed by atoms with Crippen LogP contribution >= 0.6 is 0 Å². The third-order valence-electron chi connectivity index (χ3n) is 5.11. The van der Waals surface area contributed by atoms with E-state index >= 15 is 0 Å². The zero-order chi connectivity index (χ0) is 22.8. The first kappa shape index (κ1) is 21.2. The van der Waals surface area contributed by atoms with Crippen molar-refractivity contribution in [3.05, 3.63) is 95.1 Å². The second-order valence-electron chi connectivity index (χ2n) is 7.36. The van der Waals surface area contributed by atoms with Crippen LogP contribution in [0.25, 0.3) is 0 Å². The fourth-order valence-corrected chi connectivity index (χ4v) is 3.50. The van der Waals surface area contributed by atoms with Crippen molar-refractivity contribution < 1.29 is 18.4 Å². The lowest BCUT2D eigenvalue weighted by atomic mass is 10.00. The molecule has 2 N–H and O–H groups in total. The number of urea groups is 1. The average molecular weight is 434 g/mol. The van der Waals surface area contributed by atoms with Gasteiger partial charge < -0.3 is 15.5 Å². The van der Waals surface area contributed by atoms with Gasteiger partial charge in [0.2, 0.25) is 6.17 Å². The van der Waals surface area contributed by atoms with Gasteiger partial charge in [-0.05, 0) is 42.8 Å². The maximum atomic E-state index is 14.6. The van der Waals surface area contributed by atoms with E-state index < -0.39 is 29.7 Å². The summed E-state index contributed by atoms with van der Waals surface area (Å²) in [7, 11) is 1.55. The van der Waals surface area contributed by atoms with Gasteiger partial charge in [0.15, 0.2) is 0 Å². The summed E-state index contributed by atoms with van der Waals surface area (Å²) < 4.78 is 28.7. The molecule has 162 valence electrons. The highest BCUT2D eigenvalue weighted by atomic mass is 19.1. The Balaban J connectivity index is 1.72. The molecule has 8 heteroatoms. The Morgan fingerprint density at radius 1 is 0.969 bits per heavy atom. The second-order valence-corrected chi connectivity index (χ2v) is 7.36. The van der Waals surface area contributed by atoms with Gasteiger partial charge in [0, 0.05) is 18.2 Å². The minimum Gasteiger partial charge on any atom is -0.311 e. The lowest BCUT2D eigenvalue weighted by molar-refractivity contribution is -0.119. The van der Waals surface area contributed by atoms with Gasteiger partial charge in [0.25, 0.3) is 5.91 Å². The van der Waals surface area contributed by atoms with E-state index in [0.717, 1.165) is 5.56 Å². The molecule has 1 aliphatic heterocycles. The Bertz CT molecular complexity index is 1240. The minimum absolute atomic E-state index is 0.0291. The zero-order valence-electron chi connectivity index (χ0n) is 17.4. The fraction of sp³-hybridized carbons (Fsp3) is 0.125. The van der Waals surface area contributed by atoms with Gasteiger partial charge in [-0.2, -0.15) is 0 Å². The normalized spacial score (nSPS) is 15.5. The van der Waals surface area contributed by atoms with Crippen molar-refractivity contribution in [2.24, 2.45) is 4.99 Å². The zero-order valence-corrected chi connectivity index (χ0v) is 17.4. The summed E-state index contributed by atoms with van der Waals surface area (Å²) in [6, 6.07) is 16.5. The average Bonchev–Trinajstić information content (AvgIpc) is 2.87. The first-order valence-corrected chi connectivity index (χ1v) is 9.88. The number of para-hydroxylation sites is 1. The predicted octanol–water partition coefficient (Wildman–Crippen LogP) is 4.23. The van der Waals surface area contributed by atoms with E-state index in [2.05, 4.69) is 15.6 Å². The predicted molar refractivity (Wildman–Crippen MR) is 119 cm³/mol. The van der Waals surface area contributed by atoms with Crippen LogP contribution in [0, 0.1) is 18.6 Å². The van der Waals surface area contributed by atoms with Crippen molar-refractivity contribution in [3.8, 4) is 0 Å². The molecule has 0 fully saturated rings. The molecule has 1 atom stereocenters. The van der Waals surface area contributed by atoms with Crippen LogP contribution in [0.3, 0.4) is 0 Å². The largest absolute Gasteiger partial charge is 0.321 e. The SMILES string of the molecule is Cc1ccc(F)c(NC(=O)NC2N=C(c3ccccc3F)c3ccccc3N(C)C2=O)c1. The molecule has 0 aromatic heterocycles. The number of rotatable bonds is 3. The molecule has 0 aliphatic carbocycles. The fourth-order valence-electron chi connectivity index (χ4n) is 3.50. The summed E-state index contributed by atoms with van der Waals surface area (Å²) in [5, 5.41) is 4.87. The van der Waals surface area contributed by atoms with E-state index in [1.54, 1.807) is 62.5 Å². The quantitative estimate of drug-likeness (QED) is 0.647. The number of hydrogen-bond donors (Lipinski definition) is 2. The highest BCUT2D eigenvalue weighted by Crippen LogP contribution is 2.28. The lowest BCUT2D eigenvalue weighted by Crippen LogP contribution is -2.47. The number of likely N-dealkylation sites (N-methyl/N-ethyl adjacent to an activating group) is 1. The molecule has 3 amide bonds. The first-order valence-electron chi connectivity index (χ1n) is 9.88. The Kier molecular flexibility index (Phi) is 5.68. The number of fused-ring (bicyclic) bond motifs is 1. The molecule has 0 saturated heterocycles. The summed E-state index contributed by atoms with van der Waals surface area (Å²) in [6.45, 7) is 1.76. The summed E-state index contributed by atoms with van der Waals surface area (Å²) in [4.78, 5) is 31.4. The molecule has 0 bridgehead atoms. The number of aryl methyl sites for hydroxylation is 1. The van der Waals surface area contributed by atoms with Gasteiger partial charge in [0.05, 0.1) is 17.1 Å². The monoisotopic (exact) mass is 434 g/mol. The van der Waals surface area contributed by atoms with Gasteiger partial charge in [0.1, 0.15) is 11.6 Å². The molecular weight excluding hydrogens is 414 g/mol. The molecule has 32 heavy (non-hydrogen) atoms. The van der Waals surface area contributed by atoms with E-state index in [1.807, 2.05) is 0 Å². The molecule has 0 radical (unpaired) electrons. The molecule has 0 spiro atoms. The highest BCUT2D eigenvalue weighted by Gasteiger charge is 2.31. The second kappa shape index (κ2) is 8.58. The van der Waals surface area contributed by atoms with Gasteiger partial charge in [-0.3, -0.25) is 4.79 Å². The molecule has 3 aromatic carbocycles. The van der Waals surface area contributed by atoms with Gasteiger partial charge in [-0.15, -0.1) is 0 Å². The van der Waals surface area contributed by atoms with Crippen molar-refractivity contribution >= 4 is 29.0 Å². The number of aliphatic imine (C=N–C) groups is 1. The Morgan fingerprint density at radius 3 is 2.41 bits per heavy atom.